The van der Waals surface area contributed by atoms with Crippen LogP contribution < -0.4 is 0 Å². The highest BCUT2D eigenvalue weighted by Gasteiger charge is 2.21. The summed E-state index contributed by atoms with van der Waals surface area (Å²) in [5.41, 5.74) is 4.66. The summed E-state index contributed by atoms with van der Waals surface area (Å²) in [5.74, 6) is -0.263. The first kappa shape index (κ1) is 18.6. The van der Waals surface area contributed by atoms with Crippen molar-refractivity contribution in [3.05, 3.63) is 71.6 Å². The molecule has 0 saturated heterocycles. The maximum atomic E-state index is 13.1. The lowest BCUT2D eigenvalue weighted by molar-refractivity contribution is 0.242. The summed E-state index contributed by atoms with van der Waals surface area (Å²) in [5, 5.41) is -0.115. The van der Waals surface area contributed by atoms with Gasteiger partial charge in [-0.3, -0.25) is 9.88 Å². The van der Waals surface area contributed by atoms with Gasteiger partial charge in [0.2, 0.25) is 15.0 Å². The van der Waals surface area contributed by atoms with Crippen LogP contribution in [0.4, 0.5) is 4.39 Å². The number of nitrogens with zero attached hydrogens (tertiary/aromatic N) is 4. The molecule has 3 heterocycles. The van der Waals surface area contributed by atoms with Crippen LogP contribution in [0.3, 0.4) is 0 Å². The van der Waals surface area contributed by atoms with Gasteiger partial charge in [-0.25, -0.2) is 22.8 Å². The van der Waals surface area contributed by atoms with Crippen LogP contribution in [0.2, 0.25) is 0 Å². The van der Waals surface area contributed by atoms with Crippen LogP contribution >= 0.6 is 0 Å². The molecule has 3 aromatic rings. The number of pyridine rings is 1. The van der Waals surface area contributed by atoms with Gasteiger partial charge in [0.1, 0.15) is 5.82 Å². The zero-order valence-electron chi connectivity index (χ0n) is 15.3. The number of rotatable bonds is 4. The smallest absolute Gasteiger partial charge is 0.246 e. The minimum absolute atomic E-state index is 0.115. The lowest BCUT2D eigenvalue weighted by Crippen LogP contribution is -2.31. The van der Waals surface area contributed by atoms with E-state index in [-0.39, 0.29) is 11.0 Å². The number of halogens is 1. The number of fused-ring (bicyclic) bond motifs is 1. The Balaban J connectivity index is 1.50. The summed E-state index contributed by atoms with van der Waals surface area (Å²) in [6.07, 6.45) is 6.99. The molecule has 0 amide bonds. The van der Waals surface area contributed by atoms with Crippen molar-refractivity contribution in [2.75, 3.05) is 12.8 Å². The van der Waals surface area contributed by atoms with Crippen LogP contribution in [-0.4, -0.2) is 41.1 Å². The third-order valence-corrected chi connectivity index (χ3v) is 5.56. The largest absolute Gasteiger partial charge is 0.294 e. The Kier molecular flexibility index (Phi) is 4.91. The zero-order chi connectivity index (χ0) is 19.7. The Hall–Kier alpha value is -2.71. The summed E-state index contributed by atoms with van der Waals surface area (Å²) in [4.78, 5) is 14.8. The van der Waals surface area contributed by atoms with Crippen LogP contribution in [0, 0.1) is 5.82 Å². The molecule has 28 heavy (non-hydrogen) atoms. The van der Waals surface area contributed by atoms with Crippen LogP contribution in [0.15, 0.2) is 54.1 Å². The van der Waals surface area contributed by atoms with Gasteiger partial charge in [-0.05, 0) is 29.3 Å². The molecule has 144 valence electrons. The summed E-state index contributed by atoms with van der Waals surface area (Å²) in [6, 6.07) is 8.41. The van der Waals surface area contributed by atoms with E-state index in [1.807, 2.05) is 6.20 Å². The minimum Gasteiger partial charge on any atom is -0.294 e. The predicted molar refractivity (Wildman–Crippen MR) is 103 cm³/mol. The Morgan fingerprint density at radius 2 is 1.89 bits per heavy atom. The van der Waals surface area contributed by atoms with Gasteiger partial charge in [0.25, 0.3) is 0 Å². The first-order valence-corrected chi connectivity index (χ1v) is 10.7. The van der Waals surface area contributed by atoms with Gasteiger partial charge in [0, 0.05) is 62.0 Å². The first-order valence-electron chi connectivity index (χ1n) is 8.85. The third-order valence-electron chi connectivity index (χ3n) is 4.70. The second-order valence-corrected chi connectivity index (χ2v) is 8.86. The van der Waals surface area contributed by atoms with Crippen molar-refractivity contribution in [2.24, 2.45) is 0 Å². The summed E-state index contributed by atoms with van der Waals surface area (Å²) in [7, 11) is -3.40. The molecule has 2 aromatic heterocycles. The van der Waals surface area contributed by atoms with Crippen molar-refractivity contribution in [2.45, 2.75) is 24.7 Å². The lowest BCUT2D eigenvalue weighted by atomic mass is 10.0. The molecule has 1 aliphatic heterocycles. The monoisotopic (exact) mass is 398 g/mol. The van der Waals surface area contributed by atoms with Crippen LogP contribution in [0.25, 0.3) is 11.1 Å². The van der Waals surface area contributed by atoms with Gasteiger partial charge >= 0.3 is 0 Å². The third kappa shape index (κ3) is 4.07. The van der Waals surface area contributed by atoms with Gasteiger partial charge in [0.15, 0.2) is 0 Å². The Morgan fingerprint density at radius 1 is 1.11 bits per heavy atom. The van der Waals surface area contributed by atoms with Crippen molar-refractivity contribution < 1.29 is 12.8 Å². The molecule has 0 aliphatic carbocycles. The SMILES string of the molecule is CS(=O)(=O)c1ncc2c(n1)CCN(Cc1cncc(-c3ccc(F)cc3)c1)C2. The van der Waals surface area contributed by atoms with E-state index in [1.54, 1.807) is 24.5 Å². The molecule has 0 spiro atoms. The zero-order valence-corrected chi connectivity index (χ0v) is 16.2. The van der Waals surface area contributed by atoms with Crippen molar-refractivity contribution >= 4 is 9.84 Å². The average molecular weight is 398 g/mol. The summed E-state index contributed by atoms with van der Waals surface area (Å²) in [6.45, 7) is 2.13. The van der Waals surface area contributed by atoms with Gasteiger partial charge in [-0.2, -0.15) is 0 Å². The van der Waals surface area contributed by atoms with E-state index < -0.39 is 9.84 Å². The van der Waals surface area contributed by atoms with E-state index >= 15 is 0 Å². The van der Waals surface area contributed by atoms with Gasteiger partial charge in [-0.1, -0.05) is 12.1 Å². The second kappa shape index (κ2) is 7.37. The average Bonchev–Trinajstić information content (AvgIpc) is 2.67. The van der Waals surface area contributed by atoms with Crippen LogP contribution in [-0.2, 0) is 29.3 Å². The van der Waals surface area contributed by atoms with Gasteiger partial charge in [-0.15, -0.1) is 0 Å². The molecule has 0 fully saturated rings. The number of hydrogen-bond acceptors (Lipinski definition) is 6. The molecule has 0 radical (unpaired) electrons. The highest BCUT2D eigenvalue weighted by molar-refractivity contribution is 7.90. The second-order valence-electron chi connectivity index (χ2n) is 6.95. The fraction of sp³-hybridized carbons (Fsp3) is 0.250. The normalized spacial score (nSPS) is 14.6. The quantitative estimate of drug-likeness (QED) is 0.629. The minimum atomic E-state index is -3.40. The molecule has 0 bridgehead atoms. The lowest BCUT2D eigenvalue weighted by Gasteiger charge is -2.28. The molecule has 4 rings (SSSR count). The molecule has 6 nitrogen and oxygen atoms in total. The van der Waals surface area contributed by atoms with Crippen molar-refractivity contribution in [3.8, 4) is 11.1 Å². The molecule has 1 aliphatic rings. The van der Waals surface area contributed by atoms with Crippen molar-refractivity contribution in [1.29, 1.82) is 0 Å². The van der Waals surface area contributed by atoms with E-state index in [4.69, 9.17) is 0 Å². The number of hydrogen-bond donors (Lipinski definition) is 0. The number of aromatic nitrogens is 3. The Morgan fingerprint density at radius 3 is 2.64 bits per heavy atom. The maximum absolute atomic E-state index is 13.1. The van der Waals surface area contributed by atoms with Crippen molar-refractivity contribution in [3.63, 3.8) is 0 Å². The van der Waals surface area contributed by atoms with E-state index in [2.05, 4.69) is 25.9 Å². The standard InChI is InChI=1S/C20H19FN4O2S/c1-28(26,27)20-23-11-17-13-25(7-6-19(17)24-20)12-14-8-16(10-22-9-14)15-2-4-18(21)5-3-15/h2-5,8-11H,6-7,12-13H2,1H3. The fourth-order valence-corrected chi connectivity index (χ4v) is 3.82. The Labute approximate surface area is 163 Å². The molecular formula is C20H19FN4O2S. The van der Waals surface area contributed by atoms with E-state index in [1.165, 1.54) is 12.1 Å². The summed E-state index contributed by atoms with van der Waals surface area (Å²) < 4.78 is 36.4. The molecule has 1 aromatic carbocycles. The summed E-state index contributed by atoms with van der Waals surface area (Å²) >= 11 is 0. The van der Waals surface area contributed by atoms with Gasteiger partial charge in [0.05, 0.1) is 5.69 Å². The first-order chi connectivity index (χ1) is 13.4. The van der Waals surface area contributed by atoms with Crippen LogP contribution in [0.5, 0.6) is 0 Å². The van der Waals surface area contributed by atoms with E-state index in [0.29, 0.717) is 19.5 Å². The number of benzene rings is 1. The fourth-order valence-electron chi connectivity index (χ4n) is 3.30. The molecule has 0 N–H and O–H groups in total. The predicted octanol–water partition coefficient (Wildman–Crippen LogP) is 2.64. The van der Waals surface area contributed by atoms with E-state index in [0.717, 1.165) is 40.7 Å². The highest BCUT2D eigenvalue weighted by Crippen LogP contribution is 2.23. The maximum Gasteiger partial charge on any atom is 0.246 e. The molecule has 0 unspecified atom stereocenters. The number of sulfone groups is 1. The van der Waals surface area contributed by atoms with Gasteiger partial charge < -0.3 is 0 Å². The molecule has 8 heteroatoms. The molecule has 0 saturated carbocycles. The molecular weight excluding hydrogens is 379 g/mol. The molecule has 0 atom stereocenters. The Bertz CT molecular complexity index is 1120. The topological polar surface area (TPSA) is 76.1 Å². The van der Waals surface area contributed by atoms with E-state index in [9.17, 15) is 12.8 Å². The van der Waals surface area contributed by atoms with Crippen molar-refractivity contribution in [1.82, 2.24) is 19.9 Å². The highest BCUT2D eigenvalue weighted by atomic mass is 32.2. The van der Waals surface area contributed by atoms with Crippen LogP contribution in [0.1, 0.15) is 16.8 Å².